The van der Waals surface area contributed by atoms with Gasteiger partial charge < -0.3 is 102 Å². The number of amides is 12. The van der Waals surface area contributed by atoms with Crippen molar-refractivity contribution in [3.05, 3.63) is 35.9 Å². The van der Waals surface area contributed by atoms with Gasteiger partial charge in [-0.2, -0.15) is 0 Å². The topological polar surface area (TPSA) is 535 Å². The highest BCUT2D eigenvalue weighted by Crippen LogP contribution is 2.25. The van der Waals surface area contributed by atoms with E-state index in [1.165, 1.54) is 38.1 Å². The first-order chi connectivity index (χ1) is 42.2. The van der Waals surface area contributed by atoms with E-state index in [1.54, 1.807) is 54.5 Å². The fourth-order valence-electron chi connectivity index (χ4n) is 9.46. The predicted octanol–water partition coefficient (Wildman–Crippen LogP) is -4.83. The van der Waals surface area contributed by atoms with E-state index in [4.69, 9.17) is 22.9 Å². The third kappa shape index (κ3) is 27.4. The van der Waals surface area contributed by atoms with Gasteiger partial charge in [0.2, 0.25) is 70.9 Å². The summed E-state index contributed by atoms with van der Waals surface area (Å²) in [5, 5.41) is 70.5. The van der Waals surface area contributed by atoms with Crippen molar-refractivity contribution in [2.75, 3.05) is 26.3 Å². The minimum Gasteiger partial charge on any atom is -0.394 e. The molecular weight excluding hydrogens is 1200 g/mol. The number of aliphatic hydroxyl groups is 4. The monoisotopic (exact) mass is 1300 g/mol. The van der Waals surface area contributed by atoms with Gasteiger partial charge >= 0.3 is 0 Å². The van der Waals surface area contributed by atoms with Crippen LogP contribution in [0.3, 0.4) is 0 Å². The van der Waals surface area contributed by atoms with Crippen molar-refractivity contribution in [2.45, 2.75) is 208 Å². The molecule has 1 unspecified atom stereocenters. The normalized spacial score (nSPS) is 24.2. The summed E-state index contributed by atoms with van der Waals surface area (Å²) < 4.78 is 0. The quantitative estimate of drug-likeness (QED) is 0.0312. The summed E-state index contributed by atoms with van der Waals surface area (Å²) in [7, 11) is 0. The van der Waals surface area contributed by atoms with Gasteiger partial charge in [-0.3, -0.25) is 62.5 Å². The third-order valence-corrected chi connectivity index (χ3v) is 14.6. The maximum atomic E-state index is 15.5. The van der Waals surface area contributed by atoms with Gasteiger partial charge in [0, 0.05) is 6.54 Å². The molecule has 1 aliphatic heterocycles. The molecule has 92 heavy (non-hydrogen) atoms. The second-order valence-electron chi connectivity index (χ2n) is 26.0. The van der Waals surface area contributed by atoms with Gasteiger partial charge in [-0.1, -0.05) is 127 Å². The van der Waals surface area contributed by atoms with Gasteiger partial charge in [0.1, 0.15) is 54.4 Å². The van der Waals surface area contributed by atoms with Crippen molar-refractivity contribution in [1.82, 2.24) is 58.5 Å². The van der Waals surface area contributed by atoms with Crippen molar-refractivity contribution in [3.63, 3.8) is 0 Å². The molecule has 32 heteroatoms. The molecule has 1 fully saturated rings. The molecule has 0 spiro atoms. The number of guanidine groups is 1. The Balaban J connectivity index is 0.0000423. The molecule has 520 valence electrons. The molecule has 32 nitrogen and oxygen atoms in total. The molecule has 1 saturated heterocycles. The molecule has 1 aliphatic rings. The number of aliphatic hydroxyl groups excluding tert-OH is 4. The zero-order chi connectivity index (χ0) is 69.4. The second-order valence-corrected chi connectivity index (χ2v) is 26.0. The Morgan fingerprint density at radius 1 is 0.630 bits per heavy atom. The first-order valence-electron chi connectivity index (χ1n) is 30.3. The van der Waals surface area contributed by atoms with Gasteiger partial charge in [-0.05, 0) is 66.3 Å². The lowest BCUT2D eigenvalue weighted by molar-refractivity contribution is -0.140. The maximum Gasteiger partial charge on any atom is 0.248 e. The molecule has 0 aromatic heterocycles. The SMILES string of the molecule is C.CC[C@H](C)[C@@H]1NC(=O)[C@@H](CCCN=C(N)N)NC(=O)[C@H](CC(C)C)NC(=O)[C@H]([C@H](O)C(C)C)NC(=O)[C@@H](NC(=O)[C@H](CC(C)(C)C)NC(=O)[C@H](N)CC(C)(C)C)[C@@H](c2ccccc2)NC(=O)[C@H](CO)NC(=O)C([C@H](O)C(N)=O)NC(=O)CNC(=O)[C@H](CO)NC1=O. The molecule has 1 aromatic carbocycles. The van der Waals surface area contributed by atoms with E-state index < -0.39 is 192 Å². The molecular formula is C60H104N16O16. The van der Waals surface area contributed by atoms with E-state index in [2.05, 4.69) is 58.2 Å². The van der Waals surface area contributed by atoms with Crippen LogP contribution in [-0.4, -0.2) is 196 Å². The van der Waals surface area contributed by atoms with Crippen molar-refractivity contribution < 1.29 is 78.0 Å². The van der Waals surface area contributed by atoms with Crippen LogP contribution in [0.5, 0.6) is 0 Å². The van der Waals surface area contributed by atoms with Gasteiger partial charge in [0.25, 0.3) is 0 Å². The Bertz CT molecular complexity index is 2700. The summed E-state index contributed by atoms with van der Waals surface area (Å²) >= 11 is 0. The molecule has 14 atom stereocenters. The fourth-order valence-corrected chi connectivity index (χ4v) is 9.46. The van der Waals surface area contributed by atoms with Crippen LogP contribution in [-0.2, 0) is 57.5 Å². The number of hydrogen-bond donors (Lipinski definition) is 19. The molecule has 0 radical (unpaired) electrons. The first-order valence-corrected chi connectivity index (χ1v) is 30.3. The molecule has 1 heterocycles. The van der Waals surface area contributed by atoms with Crippen molar-refractivity contribution in [1.29, 1.82) is 0 Å². The van der Waals surface area contributed by atoms with Crippen LogP contribution < -0.4 is 81.4 Å². The van der Waals surface area contributed by atoms with Gasteiger partial charge in [-0.15, -0.1) is 0 Å². The molecule has 0 aliphatic carbocycles. The molecule has 12 amide bonds. The summed E-state index contributed by atoms with van der Waals surface area (Å²) in [5.74, 6) is -16.3. The summed E-state index contributed by atoms with van der Waals surface area (Å²) in [6.45, 7) is 17.0. The lowest BCUT2D eigenvalue weighted by Gasteiger charge is -2.35. The lowest BCUT2D eigenvalue weighted by atomic mass is 9.86. The summed E-state index contributed by atoms with van der Waals surface area (Å²) in [6, 6.07) is -12.0. The average molecular weight is 1310 g/mol. The number of nitrogens with two attached hydrogens (primary N) is 4. The number of benzene rings is 1. The van der Waals surface area contributed by atoms with Crippen LogP contribution in [0.1, 0.15) is 141 Å². The minimum atomic E-state index is -2.55. The minimum absolute atomic E-state index is 0. The van der Waals surface area contributed by atoms with Gasteiger partial charge in [0.15, 0.2) is 12.1 Å². The number of hydrogen-bond acceptors (Lipinski definition) is 18. The first kappa shape index (κ1) is 81.9. The van der Waals surface area contributed by atoms with E-state index in [1.807, 2.05) is 26.1 Å². The molecule has 23 N–H and O–H groups in total. The van der Waals surface area contributed by atoms with E-state index in [0.717, 1.165) is 0 Å². The number of nitrogens with zero attached hydrogens (tertiary/aromatic N) is 1. The van der Waals surface area contributed by atoms with E-state index >= 15 is 4.79 Å². The van der Waals surface area contributed by atoms with Crippen molar-refractivity contribution in [2.24, 2.45) is 56.5 Å². The fraction of sp³-hybridized carbons (Fsp3) is 0.683. The van der Waals surface area contributed by atoms with Crippen LogP contribution in [0.4, 0.5) is 0 Å². The second kappa shape index (κ2) is 38.1. The Kier molecular flexibility index (Phi) is 33.9. The maximum absolute atomic E-state index is 15.5. The Hall–Kier alpha value is -8.07. The zero-order valence-electron chi connectivity index (χ0n) is 54.1. The van der Waals surface area contributed by atoms with Crippen LogP contribution in [0, 0.1) is 28.6 Å². The Morgan fingerprint density at radius 2 is 1.13 bits per heavy atom. The number of aliphatic imine (C=N–C) groups is 1. The number of primary amides is 1. The van der Waals surface area contributed by atoms with E-state index in [0.29, 0.717) is 0 Å². The number of nitrogens with one attached hydrogen (secondary N) is 11. The zero-order valence-corrected chi connectivity index (χ0v) is 54.1. The van der Waals surface area contributed by atoms with Crippen molar-refractivity contribution in [3.8, 4) is 0 Å². The number of rotatable bonds is 21. The van der Waals surface area contributed by atoms with Crippen molar-refractivity contribution >= 4 is 76.8 Å². The highest BCUT2D eigenvalue weighted by molar-refractivity contribution is 6.00. The highest BCUT2D eigenvalue weighted by Gasteiger charge is 2.43. The standard InChI is InChI=1S/C59H100N16O16.CH4/c1-13-30(6)39-53(88)69-36(26-76)48(83)65-25-38(78)71-43(45(80)46(61)81)56(91)70-37(27-77)52(87)73-40(31-18-15-14-16-19-31)41(74-51(86)35(24-59(10,11)12)68-47(82)32(60)23-58(7,8)9)54(89)75-42(44(79)29(4)5)55(90)67-34(22-28(2)3)50(85)66-33(49(84)72-39)20-17-21-64-57(62)63;/h14-16,18-19,28-30,32-37,39-45,76-77,79-80H,13,17,20-27,60H2,1-12H3,(H2,61,81)(H,65,83)(H,66,85)(H,67,90)(H,68,82)(H,69,88)(H,70,91)(H,71,78)(H,72,84)(H,73,87)(H,74,86)(H,75,89)(H4,62,63,64);1H4/t30-,32+,33+,34-,35-,36-,37-,39-,40+,41-,42-,43?,44+,45-;/m0./s1. The molecule has 0 saturated carbocycles. The lowest BCUT2D eigenvalue weighted by Crippen LogP contribution is -2.65. The summed E-state index contributed by atoms with van der Waals surface area (Å²) in [4.78, 5) is 174. The number of carbonyl (C=O) groups is 12. The highest BCUT2D eigenvalue weighted by atomic mass is 16.3. The molecule has 2 rings (SSSR count). The van der Waals surface area contributed by atoms with E-state index in [-0.39, 0.29) is 69.9 Å². The predicted molar refractivity (Wildman–Crippen MR) is 340 cm³/mol. The summed E-state index contributed by atoms with van der Waals surface area (Å²) in [5.41, 5.74) is 21.6. The molecule has 1 aromatic rings. The number of carbonyl (C=O) groups excluding carboxylic acids is 12. The Morgan fingerprint density at radius 3 is 1.64 bits per heavy atom. The average Bonchev–Trinajstić information content (AvgIpc) is 0.871. The smallest absolute Gasteiger partial charge is 0.248 e. The summed E-state index contributed by atoms with van der Waals surface area (Å²) in [6.07, 6.45) is -4.29. The van der Waals surface area contributed by atoms with Gasteiger partial charge in [-0.25, -0.2) is 0 Å². The van der Waals surface area contributed by atoms with Crippen LogP contribution in [0.15, 0.2) is 35.3 Å². The van der Waals surface area contributed by atoms with Crippen LogP contribution in [0.25, 0.3) is 0 Å². The van der Waals surface area contributed by atoms with Gasteiger partial charge in [0.05, 0.1) is 37.9 Å². The molecule has 0 bridgehead atoms. The largest absolute Gasteiger partial charge is 0.394 e. The third-order valence-electron chi connectivity index (χ3n) is 14.6. The van der Waals surface area contributed by atoms with Crippen LogP contribution in [0.2, 0.25) is 0 Å². The van der Waals surface area contributed by atoms with E-state index in [9.17, 15) is 73.2 Å². The Labute approximate surface area is 538 Å². The van der Waals surface area contributed by atoms with Crippen LogP contribution >= 0.6 is 0 Å².